The zero-order chi connectivity index (χ0) is 12.3. The first-order valence-corrected chi connectivity index (χ1v) is 6.81. The lowest BCUT2D eigenvalue weighted by molar-refractivity contribution is 0.456. The fourth-order valence-electron chi connectivity index (χ4n) is 1.14. The second kappa shape index (κ2) is 5.80. The molecule has 0 spiro atoms. The molecule has 1 aromatic carbocycles. The summed E-state index contributed by atoms with van der Waals surface area (Å²) >= 11 is 12.4. The molecule has 0 N–H and O–H groups in total. The maximum Gasteiger partial charge on any atom is 0.237 e. The molecule has 1 heterocycles. The minimum Gasteiger partial charge on any atom is -0.436 e. The van der Waals surface area contributed by atoms with Gasteiger partial charge in [0.15, 0.2) is 0 Å². The van der Waals surface area contributed by atoms with Crippen LogP contribution in [0.2, 0.25) is 0 Å². The lowest BCUT2D eigenvalue weighted by Crippen LogP contribution is -1.92. The first-order valence-electron chi connectivity index (χ1n) is 4.69. The van der Waals surface area contributed by atoms with E-state index < -0.39 is 0 Å². The van der Waals surface area contributed by atoms with Gasteiger partial charge in [-0.15, -0.1) is 11.6 Å². The van der Waals surface area contributed by atoms with Gasteiger partial charge in [0.1, 0.15) is 5.75 Å². The van der Waals surface area contributed by atoms with Crippen molar-refractivity contribution in [3.63, 3.8) is 0 Å². The first-order chi connectivity index (χ1) is 8.19. The third kappa shape index (κ3) is 3.40. The molecule has 0 amide bonds. The molecular weight excluding hydrogens is 371 g/mol. The lowest BCUT2D eigenvalue weighted by Gasteiger charge is -2.06. The molecule has 3 nitrogen and oxygen atoms in total. The van der Waals surface area contributed by atoms with E-state index >= 15 is 0 Å². The van der Waals surface area contributed by atoms with Gasteiger partial charge >= 0.3 is 0 Å². The summed E-state index contributed by atoms with van der Waals surface area (Å²) < 4.78 is 7.39. The van der Waals surface area contributed by atoms with E-state index in [9.17, 15) is 0 Å². The van der Waals surface area contributed by atoms with E-state index in [1.165, 1.54) is 0 Å². The van der Waals surface area contributed by atoms with Crippen molar-refractivity contribution in [2.45, 2.75) is 5.88 Å². The van der Waals surface area contributed by atoms with E-state index in [0.717, 1.165) is 8.95 Å². The fraction of sp³-hybridized carbons (Fsp3) is 0.0909. The number of alkyl halides is 1. The molecule has 0 aliphatic carbocycles. The number of benzene rings is 1. The van der Waals surface area contributed by atoms with Gasteiger partial charge in [0.05, 0.1) is 28.4 Å². The zero-order valence-corrected chi connectivity index (χ0v) is 12.5. The van der Waals surface area contributed by atoms with Crippen molar-refractivity contribution in [2.75, 3.05) is 0 Å². The molecule has 0 saturated heterocycles. The molecule has 0 unspecified atom stereocenters. The molecule has 0 saturated carbocycles. The standard InChI is InChI=1S/C11H7Br2ClN2O/c12-7-1-2-10(9(13)3-7)17-11-6-15-8(4-14)5-16-11/h1-3,5-6H,4H2. The summed E-state index contributed by atoms with van der Waals surface area (Å²) in [5, 5.41) is 0. The third-order valence-electron chi connectivity index (χ3n) is 1.93. The minimum atomic E-state index is 0.343. The lowest BCUT2D eigenvalue weighted by atomic mass is 10.3. The maximum atomic E-state index is 5.63. The van der Waals surface area contributed by atoms with Gasteiger partial charge in [0.25, 0.3) is 0 Å². The van der Waals surface area contributed by atoms with Crippen LogP contribution in [-0.2, 0) is 5.88 Å². The van der Waals surface area contributed by atoms with Gasteiger partial charge in [0.2, 0.25) is 5.88 Å². The Hall–Kier alpha value is -0.650. The predicted octanol–water partition coefficient (Wildman–Crippen LogP) is 4.53. The average molecular weight is 378 g/mol. The Morgan fingerprint density at radius 2 is 2.00 bits per heavy atom. The summed E-state index contributed by atoms with van der Waals surface area (Å²) in [6.45, 7) is 0. The normalized spacial score (nSPS) is 10.3. The van der Waals surface area contributed by atoms with Crippen LogP contribution in [0.15, 0.2) is 39.5 Å². The number of rotatable bonds is 3. The Bertz CT molecular complexity index is 519. The molecule has 0 bridgehead atoms. The Balaban J connectivity index is 2.19. The average Bonchev–Trinajstić information content (AvgIpc) is 2.34. The van der Waals surface area contributed by atoms with Gasteiger partial charge in [-0.25, -0.2) is 4.98 Å². The number of nitrogens with zero attached hydrogens (tertiary/aromatic N) is 2. The summed E-state index contributed by atoms with van der Waals surface area (Å²) in [7, 11) is 0. The summed E-state index contributed by atoms with van der Waals surface area (Å²) in [5.74, 6) is 1.46. The number of hydrogen-bond acceptors (Lipinski definition) is 3. The van der Waals surface area contributed by atoms with Gasteiger partial charge in [-0.2, -0.15) is 0 Å². The van der Waals surface area contributed by atoms with Crippen LogP contribution in [-0.4, -0.2) is 9.97 Å². The van der Waals surface area contributed by atoms with Gasteiger partial charge in [0, 0.05) is 4.47 Å². The van der Waals surface area contributed by atoms with E-state index in [1.54, 1.807) is 12.4 Å². The molecule has 17 heavy (non-hydrogen) atoms. The molecule has 6 heteroatoms. The fourth-order valence-corrected chi connectivity index (χ4v) is 2.40. The second-order valence-electron chi connectivity index (χ2n) is 3.16. The van der Waals surface area contributed by atoms with Gasteiger partial charge < -0.3 is 4.74 Å². The molecule has 0 aliphatic heterocycles. The zero-order valence-electron chi connectivity index (χ0n) is 8.53. The van der Waals surface area contributed by atoms with Crippen LogP contribution >= 0.6 is 43.5 Å². The topological polar surface area (TPSA) is 35.0 Å². The van der Waals surface area contributed by atoms with E-state index in [4.69, 9.17) is 16.3 Å². The Morgan fingerprint density at radius 1 is 1.18 bits per heavy atom. The second-order valence-corrected chi connectivity index (χ2v) is 5.19. The van der Waals surface area contributed by atoms with Crippen LogP contribution in [0.4, 0.5) is 0 Å². The highest BCUT2D eigenvalue weighted by Crippen LogP contribution is 2.30. The van der Waals surface area contributed by atoms with Crippen molar-refractivity contribution in [1.82, 2.24) is 9.97 Å². The molecule has 0 atom stereocenters. The molecule has 0 fully saturated rings. The highest BCUT2D eigenvalue weighted by Gasteiger charge is 2.04. The van der Waals surface area contributed by atoms with Crippen molar-refractivity contribution in [3.05, 3.63) is 45.2 Å². The Morgan fingerprint density at radius 3 is 2.59 bits per heavy atom. The number of halogens is 3. The molecule has 2 rings (SSSR count). The van der Waals surface area contributed by atoms with Crippen LogP contribution in [0.5, 0.6) is 11.6 Å². The van der Waals surface area contributed by atoms with Crippen LogP contribution < -0.4 is 4.74 Å². The third-order valence-corrected chi connectivity index (χ3v) is 3.31. The molecular formula is C11H7Br2ClN2O. The van der Waals surface area contributed by atoms with Crippen LogP contribution in [0.25, 0.3) is 0 Å². The number of aromatic nitrogens is 2. The van der Waals surface area contributed by atoms with E-state index in [0.29, 0.717) is 23.2 Å². The quantitative estimate of drug-likeness (QED) is 0.736. The molecule has 88 valence electrons. The number of ether oxygens (including phenoxy) is 1. The van der Waals surface area contributed by atoms with E-state index in [1.807, 2.05) is 18.2 Å². The highest BCUT2D eigenvalue weighted by molar-refractivity contribution is 9.11. The van der Waals surface area contributed by atoms with E-state index in [2.05, 4.69) is 41.8 Å². The predicted molar refractivity (Wildman–Crippen MR) is 73.5 cm³/mol. The maximum absolute atomic E-state index is 5.63. The molecule has 1 aromatic heterocycles. The summed E-state index contributed by atoms with van der Waals surface area (Å²) in [4.78, 5) is 8.20. The van der Waals surface area contributed by atoms with Gasteiger partial charge in [-0.05, 0) is 34.1 Å². The Kier molecular flexibility index (Phi) is 4.36. The largest absolute Gasteiger partial charge is 0.436 e. The van der Waals surface area contributed by atoms with Crippen LogP contribution in [0, 0.1) is 0 Å². The van der Waals surface area contributed by atoms with Crippen molar-refractivity contribution in [3.8, 4) is 11.6 Å². The monoisotopic (exact) mass is 376 g/mol. The van der Waals surface area contributed by atoms with Crippen molar-refractivity contribution >= 4 is 43.5 Å². The summed E-state index contributed by atoms with van der Waals surface area (Å²) in [5.41, 5.74) is 0.717. The van der Waals surface area contributed by atoms with Gasteiger partial charge in [-0.1, -0.05) is 15.9 Å². The smallest absolute Gasteiger partial charge is 0.237 e. The minimum absolute atomic E-state index is 0.343. The number of hydrogen-bond donors (Lipinski definition) is 0. The molecule has 0 aliphatic rings. The van der Waals surface area contributed by atoms with Crippen LogP contribution in [0.1, 0.15) is 5.69 Å². The first kappa shape index (κ1) is 12.8. The Labute approximate surface area is 120 Å². The van der Waals surface area contributed by atoms with Crippen molar-refractivity contribution in [2.24, 2.45) is 0 Å². The summed E-state index contributed by atoms with van der Waals surface area (Å²) in [6, 6.07) is 5.63. The highest BCUT2D eigenvalue weighted by atomic mass is 79.9. The van der Waals surface area contributed by atoms with Crippen molar-refractivity contribution in [1.29, 1.82) is 0 Å². The molecule has 2 aromatic rings. The molecule has 0 radical (unpaired) electrons. The van der Waals surface area contributed by atoms with Gasteiger partial charge in [-0.3, -0.25) is 4.98 Å². The van der Waals surface area contributed by atoms with Crippen LogP contribution in [0.3, 0.4) is 0 Å². The van der Waals surface area contributed by atoms with Crippen molar-refractivity contribution < 1.29 is 4.74 Å². The van der Waals surface area contributed by atoms with E-state index in [-0.39, 0.29) is 0 Å². The summed E-state index contributed by atoms with van der Waals surface area (Å²) in [6.07, 6.45) is 3.14. The SMILES string of the molecule is ClCc1cnc(Oc2ccc(Br)cc2Br)cn1.